The van der Waals surface area contributed by atoms with Crippen LogP contribution in [-0.2, 0) is 17.9 Å². The Balaban J connectivity index is 1.44. The molecule has 0 bridgehead atoms. The van der Waals surface area contributed by atoms with Crippen LogP contribution in [0.1, 0.15) is 24.8 Å². The van der Waals surface area contributed by atoms with Crippen molar-refractivity contribution in [3.8, 4) is 0 Å². The highest BCUT2D eigenvalue weighted by atomic mass is 16.5. The molecule has 3 rings (SSSR count). The molecule has 2 heterocycles. The van der Waals surface area contributed by atoms with Crippen molar-refractivity contribution in [2.75, 3.05) is 31.1 Å². The first-order chi connectivity index (χ1) is 12.8. The summed E-state index contributed by atoms with van der Waals surface area (Å²) in [6.07, 6.45) is 4.73. The fraction of sp³-hybridized carbons (Fsp3) is 0.500. The number of anilines is 1. The van der Waals surface area contributed by atoms with E-state index in [9.17, 15) is 4.79 Å². The fourth-order valence-electron chi connectivity index (χ4n) is 3.27. The molecular weight excluding hydrogens is 328 g/mol. The Morgan fingerprint density at radius 2 is 1.96 bits per heavy atom. The lowest BCUT2D eigenvalue weighted by Crippen LogP contribution is -2.37. The predicted octanol–water partition coefficient (Wildman–Crippen LogP) is 2.03. The molecule has 0 aliphatic carbocycles. The maximum absolute atomic E-state index is 12.3. The Morgan fingerprint density at radius 1 is 1.19 bits per heavy atom. The highest BCUT2D eigenvalue weighted by Crippen LogP contribution is 2.20. The minimum atomic E-state index is -0.0495. The van der Waals surface area contributed by atoms with Crippen LogP contribution >= 0.6 is 0 Å². The van der Waals surface area contributed by atoms with E-state index in [0.717, 1.165) is 50.1 Å². The lowest BCUT2D eigenvalue weighted by atomic mass is 9.97. The summed E-state index contributed by atoms with van der Waals surface area (Å²) in [4.78, 5) is 14.5. The molecule has 0 saturated carbocycles. The van der Waals surface area contributed by atoms with Crippen LogP contribution < -0.4 is 16.2 Å². The monoisotopic (exact) mass is 356 g/mol. The maximum Gasteiger partial charge on any atom is 0.268 e. The number of hydrogen-bond acceptors (Lipinski definition) is 5. The SMILES string of the molecule is NCC1CCN(c2cnn(CCCOCc3ccccc3)c(=O)c2)CC1. The Hall–Kier alpha value is -2.18. The second-order valence-electron chi connectivity index (χ2n) is 6.83. The number of nitrogens with two attached hydrogens (primary N) is 1. The van der Waals surface area contributed by atoms with Gasteiger partial charge in [-0.15, -0.1) is 0 Å². The molecule has 1 aromatic carbocycles. The molecule has 1 aliphatic heterocycles. The van der Waals surface area contributed by atoms with Crippen molar-refractivity contribution in [2.45, 2.75) is 32.4 Å². The van der Waals surface area contributed by atoms with Crippen molar-refractivity contribution >= 4 is 5.69 Å². The topological polar surface area (TPSA) is 73.4 Å². The van der Waals surface area contributed by atoms with Gasteiger partial charge in [0.1, 0.15) is 0 Å². The van der Waals surface area contributed by atoms with E-state index in [0.29, 0.717) is 25.7 Å². The van der Waals surface area contributed by atoms with Gasteiger partial charge in [-0.05, 0) is 37.3 Å². The second-order valence-corrected chi connectivity index (χ2v) is 6.83. The average molecular weight is 356 g/mol. The van der Waals surface area contributed by atoms with E-state index < -0.39 is 0 Å². The van der Waals surface area contributed by atoms with Gasteiger partial charge in [0.05, 0.1) is 18.5 Å². The molecule has 140 valence electrons. The number of hydrogen-bond donors (Lipinski definition) is 1. The van der Waals surface area contributed by atoms with Gasteiger partial charge in [-0.25, -0.2) is 4.68 Å². The molecule has 0 atom stereocenters. The number of aromatic nitrogens is 2. The molecule has 0 unspecified atom stereocenters. The van der Waals surface area contributed by atoms with Crippen LogP contribution in [-0.4, -0.2) is 36.0 Å². The van der Waals surface area contributed by atoms with Gasteiger partial charge < -0.3 is 15.4 Å². The zero-order chi connectivity index (χ0) is 18.2. The van der Waals surface area contributed by atoms with Crippen molar-refractivity contribution in [3.05, 3.63) is 58.5 Å². The largest absolute Gasteiger partial charge is 0.377 e. The standard InChI is InChI=1S/C20H28N4O2/c21-14-17-7-10-23(11-8-17)19-13-20(25)24(22-15-19)9-4-12-26-16-18-5-2-1-3-6-18/h1-3,5-6,13,15,17H,4,7-12,14,16,21H2. The van der Waals surface area contributed by atoms with Gasteiger partial charge in [-0.2, -0.15) is 5.10 Å². The molecular formula is C20H28N4O2. The van der Waals surface area contributed by atoms with E-state index in [1.807, 2.05) is 30.3 Å². The van der Waals surface area contributed by atoms with E-state index in [-0.39, 0.29) is 5.56 Å². The molecule has 1 aliphatic rings. The third kappa shape index (κ3) is 5.16. The summed E-state index contributed by atoms with van der Waals surface area (Å²) >= 11 is 0. The zero-order valence-corrected chi connectivity index (χ0v) is 15.2. The van der Waals surface area contributed by atoms with Crippen molar-refractivity contribution in [1.29, 1.82) is 0 Å². The number of benzene rings is 1. The summed E-state index contributed by atoms with van der Waals surface area (Å²) in [7, 11) is 0. The Labute approximate surface area is 154 Å². The zero-order valence-electron chi connectivity index (χ0n) is 15.2. The third-order valence-electron chi connectivity index (χ3n) is 4.94. The smallest absolute Gasteiger partial charge is 0.268 e. The molecule has 0 radical (unpaired) electrons. The van der Waals surface area contributed by atoms with Crippen LogP contribution in [0, 0.1) is 5.92 Å². The molecule has 1 aromatic heterocycles. The first-order valence-electron chi connectivity index (χ1n) is 9.40. The lowest BCUT2D eigenvalue weighted by Gasteiger charge is -2.32. The quantitative estimate of drug-likeness (QED) is 0.733. The van der Waals surface area contributed by atoms with E-state index in [1.54, 1.807) is 12.3 Å². The minimum Gasteiger partial charge on any atom is -0.377 e. The summed E-state index contributed by atoms with van der Waals surface area (Å²) in [5.74, 6) is 0.607. The Bertz CT molecular complexity index is 724. The summed E-state index contributed by atoms with van der Waals surface area (Å²) < 4.78 is 7.18. The lowest BCUT2D eigenvalue weighted by molar-refractivity contribution is 0.114. The van der Waals surface area contributed by atoms with Gasteiger partial charge in [0, 0.05) is 32.3 Å². The van der Waals surface area contributed by atoms with Crippen molar-refractivity contribution in [1.82, 2.24) is 9.78 Å². The van der Waals surface area contributed by atoms with Crippen LogP contribution in [0.5, 0.6) is 0 Å². The van der Waals surface area contributed by atoms with E-state index >= 15 is 0 Å². The molecule has 0 amide bonds. The first kappa shape index (κ1) is 18.6. The van der Waals surface area contributed by atoms with Crippen molar-refractivity contribution < 1.29 is 4.74 Å². The molecule has 2 N–H and O–H groups in total. The van der Waals surface area contributed by atoms with Crippen molar-refractivity contribution in [2.24, 2.45) is 11.7 Å². The molecule has 1 fully saturated rings. The highest BCUT2D eigenvalue weighted by molar-refractivity contribution is 5.43. The normalized spacial score (nSPS) is 15.3. The number of aryl methyl sites for hydroxylation is 1. The first-order valence-corrected chi connectivity index (χ1v) is 9.40. The van der Waals surface area contributed by atoms with Gasteiger partial charge in [0.2, 0.25) is 0 Å². The molecule has 0 spiro atoms. The molecule has 26 heavy (non-hydrogen) atoms. The van der Waals surface area contributed by atoms with Crippen LogP contribution in [0.25, 0.3) is 0 Å². The van der Waals surface area contributed by atoms with E-state index in [2.05, 4.69) is 10.00 Å². The summed E-state index contributed by atoms with van der Waals surface area (Å²) in [5.41, 5.74) is 7.76. The minimum absolute atomic E-state index is 0.0495. The van der Waals surface area contributed by atoms with Gasteiger partial charge in [0.25, 0.3) is 5.56 Å². The second kappa shape index (κ2) is 9.50. The molecule has 1 saturated heterocycles. The Morgan fingerprint density at radius 3 is 2.65 bits per heavy atom. The summed E-state index contributed by atoms with van der Waals surface area (Å²) in [6, 6.07) is 11.8. The van der Waals surface area contributed by atoms with Crippen molar-refractivity contribution in [3.63, 3.8) is 0 Å². The number of ether oxygens (including phenoxy) is 1. The fourth-order valence-corrected chi connectivity index (χ4v) is 3.27. The average Bonchev–Trinajstić information content (AvgIpc) is 2.69. The number of nitrogens with zero attached hydrogens (tertiary/aromatic N) is 3. The van der Waals surface area contributed by atoms with E-state index in [1.165, 1.54) is 4.68 Å². The third-order valence-corrected chi connectivity index (χ3v) is 4.94. The highest BCUT2D eigenvalue weighted by Gasteiger charge is 2.18. The van der Waals surface area contributed by atoms with Crippen LogP contribution in [0.15, 0.2) is 47.4 Å². The predicted molar refractivity (Wildman–Crippen MR) is 103 cm³/mol. The van der Waals surface area contributed by atoms with Gasteiger partial charge in [-0.3, -0.25) is 4.79 Å². The van der Waals surface area contributed by atoms with Gasteiger partial charge in [-0.1, -0.05) is 30.3 Å². The summed E-state index contributed by atoms with van der Waals surface area (Å²) in [5, 5.41) is 4.33. The molecule has 6 heteroatoms. The number of rotatable bonds is 8. The number of piperidine rings is 1. The van der Waals surface area contributed by atoms with Crippen LogP contribution in [0.3, 0.4) is 0 Å². The van der Waals surface area contributed by atoms with Gasteiger partial charge >= 0.3 is 0 Å². The van der Waals surface area contributed by atoms with Crippen LogP contribution in [0.2, 0.25) is 0 Å². The van der Waals surface area contributed by atoms with Crippen LogP contribution in [0.4, 0.5) is 5.69 Å². The maximum atomic E-state index is 12.3. The van der Waals surface area contributed by atoms with Gasteiger partial charge in [0.15, 0.2) is 0 Å². The molecule has 6 nitrogen and oxygen atoms in total. The van der Waals surface area contributed by atoms with E-state index in [4.69, 9.17) is 10.5 Å². The molecule has 2 aromatic rings. The summed E-state index contributed by atoms with van der Waals surface area (Å²) in [6.45, 7) is 4.42. The Kier molecular flexibility index (Phi) is 6.80.